The van der Waals surface area contributed by atoms with Crippen molar-refractivity contribution in [2.24, 2.45) is 0 Å². The molecule has 0 amide bonds. The summed E-state index contributed by atoms with van der Waals surface area (Å²) in [6.07, 6.45) is 16.5. The third kappa shape index (κ3) is 7.00. The summed E-state index contributed by atoms with van der Waals surface area (Å²) < 4.78 is 13.2. The second-order valence-electron chi connectivity index (χ2n) is 7.00. The molecule has 1 saturated carbocycles. The van der Waals surface area contributed by atoms with Crippen molar-refractivity contribution in [1.29, 1.82) is 0 Å². The lowest BCUT2D eigenvalue weighted by molar-refractivity contribution is -0.288. The maximum Gasteiger partial charge on any atom is 0.169 e. The summed E-state index contributed by atoms with van der Waals surface area (Å²) in [4.78, 5) is 0. The zero-order valence-electron chi connectivity index (χ0n) is 15.7. The Balaban J connectivity index is 2.82. The molecule has 0 aromatic rings. The summed E-state index contributed by atoms with van der Waals surface area (Å²) in [6, 6.07) is 0. The van der Waals surface area contributed by atoms with Crippen LogP contribution in [0.1, 0.15) is 111 Å². The number of hydrogen-bond donors (Lipinski definition) is 0. The first-order valence-corrected chi connectivity index (χ1v) is 10.0. The predicted octanol–water partition coefficient (Wildman–Crippen LogP) is 6.62. The van der Waals surface area contributed by atoms with Crippen molar-refractivity contribution in [3.63, 3.8) is 0 Å². The molecule has 2 nitrogen and oxygen atoms in total. The van der Waals surface area contributed by atoms with Crippen molar-refractivity contribution >= 4 is 0 Å². The van der Waals surface area contributed by atoms with E-state index < -0.39 is 0 Å². The summed E-state index contributed by atoms with van der Waals surface area (Å²) in [5, 5.41) is 0. The van der Waals surface area contributed by atoms with Gasteiger partial charge in [0.05, 0.1) is 12.2 Å². The molecule has 22 heavy (non-hydrogen) atoms. The lowest BCUT2D eigenvalue weighted by Gasteiger charge is -2.40. The minimum Gasteiger partial charge on any atom is -0.347 e. The van der Waals surface area contributed by atoms with Crippen molar-refractivity contribution < 1.29 is 9.47 Å². The molecule has 1 fully saturated rings. The van der Waals surface area contributed by atoms with Crippen molar-refractivity contribution in [1.82, 2.24) is 0 Å². The van der Waals surface area contributed by atoms with Crippen LogP contribution in [0.2, 0.25) is 0 Å². The van der Waals surface area contributed by atoms with E-state index in [-0.39, 0.29) is 5.79 Å². The molecule has 0 saturated heterocycles. The number of ether oxygens (including phenoxy) is 2. The van der Waals surface area contributed by atoms with Crippen LogP contribution < -0.4 is 0 Å². The molecule has 0 N–H and O–H groups in total. The van der Waals surface area contributed by atoms with E-state index >= 15 is 0 Å². The number of rotatable bonds is 8. The van der Waals surface area contributed by atoms with E-state index in [4.69, 9.17) is 9.47 Å². The van der Waals surface area contributed by atoms with E-state index in [1.807, 2.05) is 0 Å². The molecule has 0 aliphatic heterocycles. The van der Waals surface area contributed by atoms with Gasteiger partial charge in [0.15, 0.2) is 5.79 Å². The van der Waals surface area contributed by atoms with Gasteiger partial charge >= 0.3 is 0 Å². The van der Waals surface area contributed by atoms with Gasteiger partial charge in [-0.05, 0) is 38.5 Å². The van der Waals surface area contributed by atoms with Gasteiger partial charge in [-0.25, -0.2) is 0 Å². The van der Waals surface area contributed by atoms with Crippen LogP contribution in [0, 0.1) is 0 Å². The zero-order chi connectivity index (χ0) is 16.3. The Bertz CT molecular complexity index is 230. The quantitative estimate of drug-likeness (QED) is 0.469. The van der Waals surface area contributed by atoms with Crippen LogP contribution in [0.15, 0.2) is 0 Å². The van der Waals surface area contributed by atoms with Gasteiger partial charge in [-0.15, -0.1) is 0 Å². The normalized spacial score (nSPS) is 20.5. The highest BCUT2D eigenvalue weighted by Crippen LogP contribution is 2.34. The molecular weight excluding hydrogens is 272 g/mol. The molecule has 0 aromatic carbocycles. The molecule has 0 unspecified atom stereocenters. The van der Waals surface area contributed by atoms with Gasteiger partial charge in [0.1, 0.15) is 0 Å². The maximum absolute atomic E-state index is 6.62. The first kappa shape index (κ1) is 20.0. The topological polar surface area (TPSA) is 18.5 Å². The summed E-state index contributed by atoms with van der Waals surface area (Å²) in [5.74, 6) is -0.315. The fourth-order valence-corrected chi connectivity index (χ4v) is 3.58. The summed E-state index contributed by atoms with van der Waals surface area (Å²) in [7, 11) is 0. The van der Waals surface area contributed by atoms with E-state index in [9.17, 15) is 0 Å². The van der Waals surface area contributed by atoms with Crippen molar-refractivity contribution in [3.05, 3.63) is 0 Å². The molecule has 0 atom stereocenters. The zero-order valence-corrected chi connectivity index (χ0v) is 15.7. The van der Waals surface area contributed by atoms with Crippen LogP contribution in [-0.2, 0) is 9.47 Å². The average Bonchev–Trinajstić information content (AvgIpc) is 2.56. The standard InChI is InChI=1S/C20H40O2/c1-5-18(6-2)21-20(22-19(7-3)8-4)16-14-12-10-9-11-13-15-17-20/h18-19H,5-17H2,1-4H3. The molecular formula is C20H40O2. The third-order valence-corrected chi connectivity index (χ3v) is 5.20. The molecule has 0 spiro atoms. The van der Waals surface area contributed by atoms with E-state index in [2.05, 4.69) is 27.7 Å². The molecule has 2 heteroatoms. The lowest BCUT2D eigenvalue weighted by atomic mass is 9.95. The largest absolute Gasteiger partial charge is 0.347 e. The molecule has 0 bridgehead atoms. The third-order valence-electron chi connectivity index (χ3n) is 5.20. The Morgan fingerprint density at radius 1 is 0.591 bits per heavy atom. The van der Waals surface area contributed by atoms with E-state index in [1.54, 1.807) is 0 Å². The van der Waals surface area contributed by atoms with Crippen molar-refractivity contribution in [2.45, 2.75) is 129 Å². The Morgan fingerprint density at radius 3 is 1.23 bits per heavy atom. The van der Waals surface area contributed by atoms with Crippen LogP contribution >= 0.6 is 0 Å². The fraction of sp³-hybridized carbons (Fsp3) is 1.00. The smallest absolute Gasteiger partial charge is 0.169 e. The van der Waals surface area contributed by atoms with Gasteiger partial charge in [0.25, 0.3) is 0 Å². The monoisotopic (exact) mass is 312 g/mol. The van der Waals surface area contributed by atoms with E-state index in [1.165, 1.54) is 44.9 Å². The van der Waals surface area contributed by atoms with Gasteiger partial charge in [-0.3, -0.25) is 0 Å². The Morgan fingerprint density at radius 2 is 0.909 bits per heavy atom. The highest BCUT2D eigenvalue weighted by Gasteiger charge is 2.35. The summed E-state index contributed by atoms with van der Waals surface area (Å²) in [6.45, 7) is 8.94. The summed E-state index contributed by atoms with van der Waals surface area (Å²) in [5.41, 5.74) is 0. The minimum atomic E-state index is -0.315. The van der Waals surface area contributed by atoms with Gasteiger partial charge < -0.3 is 9.47 Å². The SMILES string of the molecule is CCC(CC)OC1(OC(CC)CC)CCCCCCCCC1. The van der Waals surface area contributed by atoms with Gasteiger partial charge in [-0.1, -0.05) is 59.8 Å². The van der Waals surface area contributed by atoms with Crippen LogP contribution in [-0.4, -0.2) is 18.0 Å². The molecule has 132 valence electrons. The highest BCUT2D eigenvalue weighted by molar-refractivity contribution is 4.76. The minimum absolute atomic E-state index is 0.315. The molecule has 1 aliphatic rings. The van der Waals surface area contributed by atoms with Gasteiger partial charge in [0, 0.05) is 12.8 Å². The molecule has 0 heterocycles. The Hall–Kier alpha value is -0.0800. The van der Waals surface area contributed by atoms with Crippen LogP contribution in [0.25, 0.3) is 0 Å². The molecule has 0 radical (unpaired) electrons. The molecule has 1 rings (SSSR count). The van der Waals surface area contributed by atoms with Crippen molar-refractivity contribution in [3.8, 4) is 0 Å². The van der Waals surface area contributed by atoms with E-state index in [0.29, 0.717) is 12.2 Å². The molecule has 0 aromatic heterocycles. The van der Waals surface area contributed by atoms with Crippen LogP contribution in [0.3, 0.4) is 0 Å². The van der Waals surface area contributed by atoms with Gasteiger partial charge in [-0.2, -0.15) is 0 Å². The fourth-order valence-electron chi connectivity index (χ4n) is 3.58. The van der Waals surface area contributed by atoms with Crippen molar-refractivity contribution in [2.75, 3.05) is 0 Å². The predicted molar refractivity (Wildman–Crippen MR) is 95.2 cm³/mol. The van der Waals surface area contributed by atoms with Crippen LogP contribution in [0.4, 0.5) is 0 Å². The summed E-state index contributed by atoms with van der Waals surface area (Å²) >= 11 is 0. The first-order valence-electron chi connectivity index (χ1n) is 10.0. The lowest BCUT2D eigenvalue weighted by Crippen LogP contribution is -2.42. The second-order valence-corrected chi connectivity index (χ2v) is 7.00. The maximum atomic E-state index is 6.62. The van der Waals surface area contributed by atoms with Gasteiger partial charge in [0.2, 0.25) is 0 Å². The highest BCUT2D eigenvalue weighted by atomic mass is 16.7. The average molecular weight is 313 g/mol. The van der Waals surface area contributed by atoms with Crippen LogP contribution in [0.5, 0.6) is 0 Å². The Labute approximate surface area is 139 Å². The van der Waals surface area contributed by atoms with E-state index in [0.717, 1.165) is 38.5 Å². The number of hydrogen-bond acceptors (Lipinski definition) is 2. The molecule has 1 aliphatic carbocycles. The Kier molecular flexibility index (Phi) is 10.4. The second kappa shape index (κ2) is 11.5. The first-order chi connectivity index (χ1) is 10.7.